The summed E-state index contributed by atoms with van der Waals surface area (Å²) < 4.78 is 5.37. The van der Waals surface area contributed by atoms with Gasteiger partial charge in [-0.1, -0.05) is 61.5 Å². The van der Waals surface area contributed by atoms with Crippen molar-refractivity contribution in [2.45, 2.75) is 31.4 Å². The summed E-state index contributed by atoms with van der Waals surface area (Å²) >= 11 is 8.00. The number of nitrogens with zero attached hydrogens (tertiary/aromatic N) is 4. The first kappa shape index (κ1) is 27.2. The lowest BCUT2D eigenvalue weighted by Crippen LogP contribution is -2.47. The normalized spacial score (nSPS) is 13.8. The number of aromatic nitrogens is 2. The fraction of sp³-hybridized carbons (Fsp3) is 0.393. The second-order valence-corrected chi connectivity index (χ2v) is 10.8. The number of methoxy groups -OCH3 is 1. The fourth-order valence-electron chi connectivity index (χ4n) is 4.09. The second kappa shape index (κ2) is 13.1. The van der Waals surface area contributed by atoms with Gasteiger partial charge in [0.2, 0.25) is 0 Å². The third kappa shape index (κ3) is 7.60. The van der Waals surface area contributed by atoms with E-state index < -0.39 is 0 Å². The maximum atomic E-state index is 12.3. The maximum absolute atomic E-state index is 12.3. The van der Waals surface area contributed by atoms with Gasteiger partial charge >= 0.3 is 0 Å². The molecule has 0 radical (unpaired) electrons. The van der Waals surface area contributed by atoms with E-state index in [9.17, 15) is 4.79 Å². The molecular formula is C28H34ClN5O2S. The molecule has 0 bridgehead atoms. The zero-order chi connectivity index (χ0) is 26.2. The van der Waals surface area contributed by atoms with Crippen LogP contribution in [0.25, 0.3) is 0 Å². The summed E-state index contributed by atoms with van der Waals surface area (Å²) in [6.07, 6.45) is 0. The van der Waals surface area contributed by atoms with Gasteiger partial charge in [0.15, 0.2) is 5.16 Å². The van der Waals surface area contributed by atoms with Crippen LogP contribution in [-0.2, 0) is 17.1 Å². The molecule has 7 nitrogen and oxygen atoms in total. The molecule has 1 aliphatic rings. The average molecular weight is 540 g/mol. The van der Waals surface area contributed by atoms with Gasteiger partial charge in [-0.15, -0.1) is 0 Å². The monoisotopic (exact) mass is 539 g/mol. The molecule has 3 aromatic rings. The Morgan fingerprint density at radius 3 is 2.43 bits per heavy atom. The van der Waals surface area contributed by atoms with Crippen LogP contribution in [-0.4, -0.2) is 55.7 Å². The van der Waals surface area contributed by atoms with Crippen LogP contribution >= 0.6 is 23.4 Å². The van der Waals surface area contributed by atoms with Crippen LogP contribution in [0.2, 0.25) is 5.02 Å². The van der Waals surface area contributed by atoms with Crippen LogP contribution in [0.5, 0.6) is 0 Å². The van der Waals surface area contributed by atoms with Crippen molar-refractivity contribution in [1.82, 2.24) is 15.3 Å². The molecule has 0 saturated carbocycles. The van der Waals surface area contributed by atoms with Crippen molar-refractivity contribution < 1.29 is 9.53 Å². The number of anilines is 2. The Morgan fingerprint density at radius 1 is 1.05 bits per heavy atom. The molecule has 1 fully saturated rings. The molecule has 2 aromatic carbocycles. The summed E-state index contributed by atoms with van der Waals surface area (Å²) in [5, 5.41) is 4.46. The number of thioether (sulfide) groups is 1. The lowest BCUT2D eigenvalue weighted by molar-refractivity contribution is 0.0949. The molecule has 1 aliphatic heterocycles. The zero-order valence-corrected chi connectivity index (χ0v) is 23.2. The van der Waals surface area contributed by atoms with E-state index in [-0.39, 0.29) is 5.91 Å². The van der Waals surface area contributed by atoms with Crippen LogP contribution in [0.1, 0.15) is 35.5 Å². The van der Waals surface area contributed by atoms with Crippen molar-refractivity contribution in [3.63, 3.8) is 0 Å². The van der Waals surface area contributed by atoms with Crippen molar-refractivity contribution in [2.75, 3.05) is 49.6 Å². The second-order valence-electron chi connectivity index (χ2n) is 9.45. The molecule has 1 amide bonds. The minimum Gasteiger partial charge on any atom is -0.378 e. The lowest BCUT2D eigenvalue weighted by atomic mass is 10.1. The van der Waals surface area contributed by atoms with Crippen molar-refractivity contribution in [3.05, 3.63) is 76.4 Å². The third-order valence-electron chi connectivity index (χ3n) is 6.09. The minimum atomic E-state index is -0.0391. The van der Waals surface area contributed by atoms with Crippen LogP contribution in [0.4, 0.5) is 11.5 Å². The van der Waals surface area contributed by atoms with Gasteiger partial charge in [0.25, 0.3) is 5.91 Å². The van der Waals surface area contributed by atoms with Crippen molar-refractivity contribution in [2.24, 2.45) is 5.92 Å². The number of hydrogen-bond donors (Lipinski definition) is 1. The fourth-order valence-corrected chi connectivity index (χ4v) is 5.17. The topological polar surface area (TPSA) is 70.6 Å². The molecule has 4 rings (SSSR count). The van der Waals surface area contributed by atoms with E-state index in [1.807, 2.05) is 48.5 Å². The first-order chi connectivity index (χ1) is 17.9. The Balaban J connectivity index is 1.39. The SMILES string of the molecule is COCc1cc(N2CCN(c3ccccc3Cl)CC2)nc(SCc2ccc(C(=O)NCC(C)C)cc2)n1. The molecule has 9 heteroatoms. The first-order valence-electron chi connectivity index (χ1n) is 12.5. The molecule has 0 atom stereocenters. The smallest absolute Gasteiger partial charge is 0.251 e. The summed E-state index contributed by atoms with van der Waals surface area (Å²) in [7, 11) is 1.68. The maximum Gasteiger partial charge on any atom is 0.251 e. The highest BCUT2D eigenvalue weighted by atomic mass is 35.5. The molecule has 1 N–H and O–H groups in total. The number of halogens is 1. The summed E-state index contributed by atoms with van der Waals surface area (Å²) in [5.74, 6) is 2.01. The number of piperazine rings is 1. The van der Waals surface area contributed by atoms with Crippen LogP contribution < -0.4 is 15.1 Å². The Bertz CT molecular complexity index is 1180. The van der Waals surface area contributed by atoms with Gasteiger partial charge < -0.3 is 19.9 Å². The highest BCUT2D eigenvalue weighted by molar-refractivity contribution is 7.98. The van der Waals surface area contributed by atoms with Gasteiger partial charge in [-0.2, -0.15) is 0 Å². The number of carbonyl (C=O) groups is 1. The molecule has 0 spiro atoms. The van der Waals surface area contributed by atoms with Crippen molar-refractivity contribution in [1.29, 1.82) is 0 Å². The first-order valence-corrected chi connectivity index (χ1v) is 13.9. The summed E-state index contributed by atoms with van der Waals surface area (Å²) in [5.41, 5.74) is 3.72. The highest BCUT2D eigenvalue weighted by Gasteiger charge is 2.21. The molecular weight excluding hydrogens is 506 g/mol. The number of amides is 1. The zero-order valence-electron chi connectivity index (χ0n) is 21.6. The van der Waals surface area contributed by atoms with Crippen molar-refractivity contribution in [3.8, 4) is 0 Å². The van der Waals surface area contributed by atoms with E-state index in [4.69, 9.17) is 26.3 Å². The predicted octanol–water partition coefficient (Wildman–Crippen LogP) is 5.28. The number of ether oxygens (including phenoxy) is 1. The number of nitrogens with one attached hydrogen (secondary N) is 1. The summed E-state index contributed by atoms with van der Waals surface area (Å²) in [6.45, 7) is 8.69. The molecule has 0 unspecified atom stereocenters. The Hall–Kier alpha value is -2.81. The van der Waals surface area contributed by atoms with E-state index in [1.54, 1.807) is 18.9 Å². The molecule has 0 aliphatic carbocycles. The molecule has 1 aromatic heterocycles. The van der Waals surface area contributed by atoms with Gasteiger partial charge in [0.05, 0.1) is 23.0 Å². The van der Waals surface area contributed by atoms with E-state index in [2.05, 4.69) is 35.0 Å². The largest absolute Gasteiger partial charge is 0.378 e. The number of rotatable bonds is 10. The average Bonchev–Trinajstić information content (AvgIpc) is 2.91. The van der Waals surface area contributed by atoms with Crippen LogP contribution in [0, 0.1) is 5.92 Å². The van der Waals surface area contributed by atoms with Crippen LogP contribution in [0.3, 0.4) is 0 Å². The molecule has 1 saturated heterocycles. The van der Waals surface area contributed by atoms with E-state index in [1.165, 1.54) is 0 Å². The molecule has 2 heterocycles. The van der Waals surface area contributed by atoms with Crippen molar-refractivity contribution >= 4 is 40.8 Å². The lowest BCUT2D eigenvalue weighted by Gasteiger charge is -2.37. The van der Waals surface area contributed by atoms with E-state index in [0.717, 1.165) is 59.1 Å². The third-order valence-corrected chi connectivity index (χ3v) is 7.33. The number of hydrogen-bond acceptors (Lipinski definition) is 7. The molecule has 37 heavy (non-hydrogen) atoms. The summed E-state index contributed by atoms with van der Waals surface area (Å²) in [4.78, 5) is 26.5. The number of para-hydroxylation sites is 1. The van der Waals surface area contributed by atoms with Gasteiger partial charge in [-0.05, 0) is 35.7 Å². The Labute approximate surface area is 228 Å². The molecule has 196 valence electrons. The highest BCUT2D eigenvalue weighted by Crippen LogP contribution is 2.28. The minimum absolute atomic E-state index is 0.0391. The van der Waals surface area contributed by atoms with Gasteiger partial charge in [0, 0.05) is 57.2 Å². The quantitative estimate of drug-likeness (QED) is 0.277. The van der Waals surface area contributed by atoms with Gasteiger partial charge in [-0.25, -0.2) is 9.97 Å². The predicted molar refractivity (Wildman–Crippen MR) is 152 cm³/mol. The number of carbonyl (C=O) groups excluding carboxylic acids is 1. The van der Waals surface area contributed by atoms with Crippen LogP contribution in [0.15, 0.2) is 59.8 Å². The Morgan fingerprint density at radius 2 is 1.76 bits per heavy atom. The van der Waals surface area contributed by atoms with E-state index >= 15 is 0 Å². The van der Waals surface area contributed by atoms with Gasteiger partial charge in [0.1, 0.15) is 5.82 Å². The van der Waals surface area contributed by atoms with E-state index in [0.29, 0.717) is 30.4 Å². The van der Waals surface area contributed by atoms with Gasteiger partial charge in [-0.3, -0.25) is 4.79 Å². The standard InChI is InChI=1S/C28H34ClN5O2S/c1-20(2)17-30-27(35)22-10-8-21(9-11-22)19-37-28-31-23(18-36-3)16-26(32-28)34-14-12-33(13-15-34)25-7-5-4-6-24(25)29/h4-11,16,20H,12-15,17-19H2,1-3H3,(H,30,35). The Kier molecular flexibility index (Phi) is 9.66. The summed E-state index contributed by atoms with van der Waals surface area (Å²) in [6, 6.07) is 17.7. The number of benzene rings is 2.